The van der Waals surface area contributed by atoms with Crippen molar-refractivity contribution in [2.45, 2.75) is 58.6 Å². The van der Waals surface area contributed by atoms with Crippen LogP contribution in [0.2, 0.25) is 0 Å². The summed E-state index contributed by atoms with van der Waals surface area (Å²) in [5, 5.41) is 9.54. The number of amides is 1. The van der Waals surface area contributed by atoms with Gasteiger partial charge in [0.25, 0.3) is 0 Å². The largest absolute Gasteiger partial charge is 0.393 e. The summed E-state index contributed by atoms with van der Waals surface area (Å²) in [4.78, 5) is 14.1. The highest BCUT2D eigenvalue weighted by Crippen LogP contribution is 2.22. The number of likely N-dealkylation sites (tertiary alicyclic amines) is 1. The van der Waals surface area contributed by atoms with Crippen molar-refractivity contribution in [3.05, 3.63) is 0 Å². The molecule has 4 heteroatoms. The molecule has 3 N–H and O–H groups in total. The Balaban J connectivity index is 2.31. The van der Waals surface area contributed by atoms with Crippen molar-refractivity contribution in [2.24, 2.45) is 17.6 Å². The predicted octanol–water partition coefficient (Wildman–Crippen LogP) is 1.37. The van der Waals surface area contributed by atoms with E-state index in [1.807, 2.05) is 25.7 Å². The van der Waals surface area contributed by atoms with E-state index in [9.17, 15) is 9.90 Å². The van der Waals surface area contributed by atoms with Crippen LogP contribution in [0.1, 0.15) is 46.5 Å². The third-order valence-electron chi connectivity index (χ3n) is 3.94. The normalized spacial score (nSPS) is 24.9. The summed E-state index contributed by atoms with van der Waals surface area (Å²) in [6.45, 7) is 7.32. The third kappa shape index (κ3) is 4.58. The van der Waals surface area contributed by atoms with Crippen LogP contribution in [0.25, 0.3) is 0 Å². The van der Waals surface area contributed by atoms with Gasteiger partial charge in [-0.1, -0.05) is 13.3 Å². The van der Waals surface area contributed by atoms with E-state index in [-0.39, 0.29) is 29.9 Å². The molecule has 0 saturated carbocycles. The quantitative estimate of drug-likeness (QED) is 0.754. The van der Waals surface area contributed by atoms with Gasteiger partial charge in [0.1, 0.15) is 0 Å². The molecule has 0 aromatic carbocycles. The van der Waals surface area contributed by atoms with Crippen LogP contribution in [-0.2, 0) is 4.79 Å². The molecule has 4 atom stereocenters. The summed E-state index contributed by atoms with van der Waals surface area (Å²) in [6, 6.07) is 0.221. The van der Waals surface area contributed by atoms with Gasteiger partial charge < -0.3 is 15.7 Å². The summed E-state index contributed by atoms with van der Waals surface area (Å²) >= 11 is 0. The van der Waals surface area contributed by atoms with E-state index in [1.54, 1.807) is 0 Å². The summed E-state index contributed by atoms with van der Waals surface area (Å²) < 4.78 is 0. The van der Waals surface area contributed by atoms with Gasteiger partial charge in [-0.3, -0.25) is 4.79 Å². The fourth-order valence-corrected chi connectivity index (χ4v) is 2.56. The highest BCUT2D eigenvalue weighted by atomic mass is 16.3. The zero-order valence-electron chi connectivity index (χ0n) is 11.9. The molecule has 1 aliphatic heterocycles. The Morgan fingerprint density at radius 2 is 2.06 bits per heavy atom. The van der Waals surface area contributed by atoms with Crippen molar-refractivity contribution in [3.8, 4) is 0 Å². The standard InChI is InChI=1S/C14H28N2O2/c1-10(5-4-6-11(2)15)14(18)16-8-7-13(9-16)12(3)17/h10-13,17H,4-9,15H2,1-3H3. The van der Waals surface area contributed by atoms with E-state index < -0.39 is 0 Å². The van der Waals surface area contributed by atoms with Gasteiger partial charge in [0, 0.05) is 31.0 Å². The van der Waals surface area contributed by atoms with Gasteiger partial charge in [0.05, 0.1) is 6.10 Å². The molecule has 4 nitrogen and oxygen atoms in total. The Kier molecular flexibility index (Phi) is 6.09. The smallest absolute Gasteiger partial charge is 0.225 e. The summed E-state index contributed by atoms with van der Waals surface area (Å²) in [5.41, 5.74) is 5.71. The van der Waals surface area contributed by atoms with Gasteiger partial charge in [-0.15, -0.1) is 0 Å². The first-order valence-corrected chi connectivity index (χ1v) is 7.14. The molecule has 0 bridgehead atoms. The van der Waals surface area contributed by atoms with Crippen LogP contribution in [0.15, 0.2) is 0 Å². The second kappa shape index (κ2) is 7.10. The molecular weight excluding hydrogens is 228 g/mol. The van der Waals surface area contributed by atoms with Gasteiger partial charge in [-0.05, 0) is 33.1 Å². The van der Waals surface area contributed by atoms with Crippen molar-refractivity contribution in [1.82, 2.24) is 4.90 Å². The van der Waals surface area contributed by atoms with Gasteiger partial charge in [0.2, 0.25) is 5.91 Å². The van der Waals surface area contributed by atoms with Crippen LogP contribution in [0.3, 0.4) is 0 Å². The number of aliphatic hydroxyl groups excluding tert-OH is 1. The first-order valence-electron chi connectivity index (χ1n) is 7.14. The van der Waals surface area contributed by atoms with Crippen LogP contribution in [-0.4, -0.2) is 41.1 Å². The number of hydrogen-bond donors (Lipinski definition) is 2. The average Bonchev–Trinajstić information content (AvgIpc) is 2.76. The highest BCUT2D eigenvalue weighted by molar-refractivity contribution is 5.78. The third-order valence-corrected chi connectivity index (χ3v) is 3.94. The van der Waals surface area contributed by atoms with E-state index in [0.717, 1.165) is 32.2 Å². The van der Waals surface area contributed by atoms with Crippen LogP contribution in [0, 0.1) is 11.8 Å². The maximum Gasteiger partial charge on any atom is 0.225 e. The first kappa shape index (κ1) is 15.4. The minimum Gasteiger partial charge on any atom is -0.393 e. The zero-order valence-corrected chi connectivity index (χ0v) is 11.9. The zero-order chi connectivity index (χ0) is 13.7. The van der Waals surface area contributed by atoms with Gasteiger partial charge >= 0.3 is 0 Å². The number of nitrogens with two attached hydrogens (primary N) is 1. The highest BCUT2D eigenvalue weighted by Gasteiger charge is 2.30. The van der Waals surface area contributed by atoms with Crippen LogP contribution in [0.4, 0.5) is 0 Å². The maximum atomic E-state index is 12.2. The fraction of sp³-hybridized carbons (Fsp3) is 0.929. The van der Waals surface area contributed by atoms with Crippen LogP contribution >= 0.6 is 0 Å². The predicted molar refractivity (Wildman–Crippen MR) is 73.0 cm³/mol. The lowest BCUT2D eigenvalue weighted by Crippen LogP contribution is -2.34. The number of aliphatic hydroxyl groups is 1. The molecule has 1 amide bonds. The van der Waals surface area contributed by atoms with Crippen LogP contribution in [0.5, 0.6) is 0 Å². The number of nitrogens with zero attached hydrogens (tertiary/aromatic N) is 1. The minimum absolute atomic E-state index is 0.0801. The molecule has 0 spiro atoms. The second-order valence-corrected chi connectivity index (χ2v) is 5.88. The topological polar surface area (TPSA) is 66.6 Å². The average molecular weight is 256 g/mol. The number of rotatable bonds is 6. The maximum absolute atomic E-state index is 12.2. The lowest BCUT2D eigenvalue weighted by Gasteiger charge is -2.22. The van der Waals surface area contributed by atoms with Crippen molar-refractivity contribution >= 4 is 5.91 Å². The van der Waals surface area contributed by atoms with Gasteiger partial charge in [-0.25, -0.2) is 0 Å². The Labute approximate surface area is 111 Å². The molecule has 4 unspecified atom stereocenters. The van der Waals surface area contributed by atoms with Crippen molar-refractivity contribution in [1.29, 1.82) is 0 Å². The molecule has 1 aliphatic rings. The number of carbonyl (C=O) groups excluding carboxylic acids is 1. The Hall–Kier alpha value is -0.610. The molecule has 1 saturated heterocycles. The molecule has 18 heavy (non-hydrogen) atoms. The minimum atomic E-state index is -0.309. The first-order chi connectivity index (χ1) is 8.41. The Bertz CT molecular complexity index is 267. The van der Waals surface area contributed by atoms with Crippen molar-refractivity contribution in [3.63, 3.8) is 0 Å². The molecule has 1 fully saturated rings. The fourth-order valence-electron chi connectivity index (χ4n) is 2.56. The van der Waals surface area contributed by atoms with Gasteiger partial charge in [-0.2, -0.15) is 0 Å². The van der Waals surface area contributed by atoms with E-state index in [2.05, 4.69) is 0 Å². The van der Waals surface area contributed by atoms with Crippen LogP contribution < -0.4 is 5.73 Å². The van der Waals surface area contributed by atoms with E-state index in [1.165, 1.54) is 0 Å². The summed E-state index contributed by atoms with van der Waals surface area (Å²) in [5.74, 6) is 0.574. The Morgan fingerprint density at radius 1 is 1.39 bits per heavy atom. The molecule has 1 heterocycles. The SMILES string of the molecule is CC(N)CCCC(C)C(=O)N1CCC(C(C)O)C1. The number of carbonyl (C=O) groups is 1. The van der Waals surface area contributed by atoms with Crippen molar-refractivity contribution < 1.29 is 9.90 Å². The second-order valence-electron chi connectivity index (χ2n) is 5.88. The van der Waals surface area contributed by atoms with E-state index >= 15 is 0 Å². The molecule has 1 rings (SSSR count). The monoisotopic (exact) mass is 256 g/mol. The molecule has 0 aromatic heterocycles. The molecule has 106 valence electrons. The number of hydrogen-bond acceptors (Lipinski definition) is 3. The van der Waals surface area contributed by atoms with Crippen molar-refractivity contribution in [2.75, 3.05) is 13.1 Å². The Morgan fingerprint density at radius 3 is 2.56 bits per heavy atom. The molecule has 0 aliphatic carbocycles. The van der Waals surface area contributed by atoms with E-state index in [4.69, 9.17) is 5.73 Å². The summed E-state index contributed by atoms with van der Waals surface area (Å²) in [7, 11) is 0. The summed E-state index contributed by atoms with van der Waals surface area (Å²) in [6.07, 6.45) is 3.52. The molecular formula is C14H28N2O2. The lowest BCUT2D eigenvalue weighted by molar-refractivity contribution is -0.134. The van der Waals surface area contributed by atoms with E-state index in [0.29, 0.717) is 6.54 Å². The molecule has 0 aromatic rings. The lowest BCUT2D eigenvalue weighted by atomic mass is 10.0. The van der Waals surface area contributed by atoms with Gasteiger partial charge in [0.15, 0.2) is 0 Å². The molecule has 0 radical (unpaired) electrons.